The molecule has 26 heavy (non-hydrogen) atoms. The molecule has 3 rings (SSSR count). The minimum absolute atomic E-state index is 0.210. The Morgan fingerprint density at radius 2 is 1.81 bits per heavy atom. The third-order valence-electron chi connectivity index (χ3n) is 4.07. The number of imidazole rings is 1. The molecule has 0 fully saturated rings. The molecule has 0 saturated heterocycles. The van der Waals surface area contributed by atoms with E-state index in [2.05, 4.69) is 10.3 Å². The van der Waals surface area contributed by atoms with E-state index in [1.807, 2.05) is 56.3 Å². The SMILES string of the molecule is CC(C)CNC(=O)c1nc(C(=O)N(C)c2ccccc2)n2ccccc12. The molecule has 1 aromatic carbocycles. The summed E-state index contributed by atoms with van der Waals surface area (Å²) in [6.45, 7) is 4.60. The summed E-state index contributed by atoms with van der Waals surface area (Å²) in [6.07, 6.45) is 1.74. The zero-order valence-electron chi connectivity index (χ0n) is 15.1. The number of nitrogens with zero attached hydrogens (tertiary/aromatic N) is 3. The highest BCUT2D eigenvalue weighted by molar-refractivity contribution is 6.07. The van der Waals surface area contributed by atoms with Crippen molar-refractivity contribution >= 4 is 23.0 Å². The topological polar surface area (TPSA) is 66.7 Å². The average molecular weight is 350 g/mol. The first-order chi connectivity index (χ1) is 12.5. The number of pyridine rings is 1. The maximum Gasteiger partial charge on any atom is 0.294 e. The van der Waals surface area contributed by atoms with Gasteiger partial charge in [-0.2, -0.15) is 0 Å². The third kappa shape index (κ3) is 3.44. The number of aromatic nitrogens is 2. The van der Waals surface area contributed by atoms with Crippen LogP contribution in [0.5, 0.6) is 0 Å². The molecule has 0 saturated carbocycles. The molecule has 0 radical (unpaired) electrons. The molecule has 3 aromatic rings. The number of nitrogens with one attached hydrogen (secondary N) is 1. The number of rotatable bonds is 5. The maximum atomic E-state index is 13.0. The van der Waals surface area contributed by atoms with Gasteiger partial charge in [-0.15, -0.1) is 0 Å². The number of hydrogen-bond donors (Lipinski definition) is 1. The summed E-state index contributed by atoms with van der Waals surface area (Å²) in [5.41, 5.74) is 1.63. The van der Waals surface area contributed by atoms with Gasteiger partial charge in [-0.25, -0.2) is 4.98 Å². The second-order valence-corrected chi connectivity index (χ2v) is 6.54. The van der Waals surface area contributed by atoms with E-state index in [9.17, 15) is 9.59 Å². The molecule has 2 aromatic heterocycles. The Labute approximate surface area is 152 Å². The van der Waals surface area contributed by atoms with Crippen molar-refractivity contribution in [2.24, 2.45) is 5.92 Å². The highest BCUT2D eigenvalue weighted by Gasteiger charge is 2.24. The summed E-state index contributed by atoms with van der Waals surface area (Å²) >= 11 is 0. The van der Waals surface area contributed by atoms with Crippen molar-refractivity contribution in [1.29, 1.82) is 0 Å². The number of hydrogen-bond acceptors (Lipinski definition) is 3. The fraction of sp³-hybridized carbons (Fsp3) is 0.250. The first-order valence-corrected chi connectivity index (χ1v) is 8.57. The lowest BCUT2D eigenvalue weighted by atomic mass is 10.2. The monoisotopic (exact) mass is 350 g/mol. The van der Waals surface area contributed by atoms with E-state index >= 15 is 0 Å². The van der Waals surface area contributed by atoms with Gasteiger partial charge in [0.15, 0.2) is 5.69 Å². The minimum atomic E-state index is -0.277. The normalized spacial score (nSPS) is 10.9. The van der Waals surface area contributed by atoms with Crippen LogP contribution in [0.1, 0.15) is 35.0 Å². The van der Waals surface area contributed by atoms with Gasteiger partial charge in [0.05, 0.1) is 5.52 Å². The van der Waals surface area contributed by atoms with Gasteiger partial charge in [-0.1, -0.05) is 38.1 Å². The van der Waals surface area contributed by atoms with Crippen molar-refractivity contribution < 1.29 is 9.59 Å². The minimum Gasteiger partial charge on any atom is -0.350 e. The molecule has 2 heterocycles. The van der Waals surface area contributed by atoms with E-state index in [0.29, 0.717) is 18.0 Å². The lowest BCUT2D eigenvalue weighted by Gasteiger charge is -2.16. The fourth-order valence-corrected chi connectivity index (χ4v) is 2.66. The van der Waals surface area contributed by atoms with Crippen LogP contribution in [0.3, 0.4) is 0 Å². The van der Waals surface area contributed by atoms with Crippen molar-refractivity contribution in [1.82, 2.24) is 14.7 Å². The van der Waals surface area contributed by atoms with Crippen molar-refractivity contribution in [3.8, 4) is 0 Å². The van der Waals surface area contributed by atoms with E-state index in [1.165, 1.54) is 4.90 Å². The van der Waals surface area contributed by atoms with Gasteiger partial charge in [0, 0.05) is 25.5 Å². The van der Waals surface area contributed by atoms with Gasteiger partial charge in [0.1, 0.15) is 0 Å². The number of amides is 2. The maximum absolute atomic E-state index is 13.0. The number of benzene rings is 1. The van der Waals surface area contributed by atoms with Crippen LogP contribution < -0.4 is 10.2 Å². The smallest absolute Gasteiger partial charge is 0.294 e. The van der Waals surface area contributed by atoms with Gasteiger partial charge in [0.2, 0.25) is 5.82 Å². The van der Waals surface area contributed by atoms with Crippen LogP contribution in [0.15, 0.2) is 54.7 Å². The fourth-order valence-electron chi connectivity index (χ4n) is 2.66. The predicted octanol–water partition coefficient (Wildman–Crippen LogP) is 3.00. The Hall–Kier alpha value is -3.15. The number of fused-ring (bicyclic) bond motifs is 1. The van der Waals surface area contributed by atoms with Gasteiger partial charge in [-0.05, 0) is 30.2 Å². The van der Waals surface area contributed by atoms with Crippen molar-refractivity contribution in [2.75, 3.05) is 18.5 Å². The zero-order valence-corrected chi connectivity index (χ0v) is 15.1. The molecule has 0 aliphatic heterocycles. The predicted molar refractivity (Wildman–Crippen MR) is 102 cm³/mol. The Kier molecular flexibility index (Phi) is 5.02. The Bertz CT molecular complexity index is 931. The van der Waals surface area contributed by atoms with Crippen molar-refractivity contribution in [2.45, 2.75) is 13.8 Å². The second-order valence-electron chi connectivity index (χ2n) is 6.54. The van der Waals surface area contributed by atoms with Gasteiger partial charge in [-0.3, -0.25) is 14.0 Å². The van der Waals surface area contributed by atoms with E-state index in [1.54, 1.807) is 23.7 Å². The standard InChI is InChI=1S/C20H22N4O2/c1-14(2)13-21-19(25)17-16-11-7-8-12-24(16)18(22-17)20(26)23(3)15-9-5-4-6-10-15/h4-12,14H,13H2,1-3H3,(H,21,25). The van der Waals surface area contributed by atoms with Gasteiger partial charge < -0.3 is 10.2 Å². The molecular weight excluding hydrogens is 328 g/mol. The van der Waals surface area contributed by atoms with Gasteiger partial charge >= 0.3 is 0 Å². The molecule has 134 valence electrons. The number of para-hydroxylation sites is 1. The Morgan fingerprint density at radius 1 is 1.12 bits per heavy atom. The third-order valence-corrected chi connectivity index (χ3v) is 4.07. The molecule has 6 heteroatoms. The Balaban J connectivity index is 1.99. The summed E-state index contributed by atoms with van der Waals surface area (Å²) in [5, 5.41) is 2.86. The summed E-state index contributed by atoms with van der Waals surface area (Å²) in [7, 11) is 1.69. The summed E-state index contributed by atoms with van der Waals surface area (Å²) in [5.74, 6) is -0.0103. The molecule has 6 nitrogen and oxygen atoms in total. The Morgan fingerprint density at radius 3 is 2.50 bits per heavy atom. The number of carbonyl (C=O) groups excluding carboxylic acids is 2. The highest BCUT2D eigenvalue weighted by atomic mass is 16.2. The average Bonchev–Trinajstić information content (AvgIpc) is 3.05. The lowest BCUT2D eigenvalue weighted by molar-refractivity contribution is 0.0946. The van der Waals surface area contributed by atoms with Crippen LogP contribution in [0.2, 0.25) is 0 Å². The first kappa shape index (κ1) is 17.7. The van der Waals surface area contributed by atoms with Crippen LogP contribution in [-0.2, 0) is 0 Å². The molecule has 0 atom stereocenters. The molecule has 0 aliphatic carbocycles. The summed E-state index contributed by atoms with van der Waals surface area (Å²) < 4.78 is 1.66. The summed E-state index contributed by atoms with van der Waals surface area (Å²) in [4.78, 5) is 31.4. The lowest BCUT2D eigenvalue weighted by Crippen LogP contribution is -2.29. The molecule has 0 unspecified atom stereocenters. The van der Waals surface area contributed by atoms with E-state index in [-0.39, 0.29) is 23.3 Å². The largest absolute Gasteiger partial charge is 0.350 e. The van der Waals surface area contributed by atoms with Gasteiger partial charge in [0.25, 0.3) is 11.8 Å². The van der Waals surface area contributed by atoms with Crippen molar-refractivity contribution in [3.63, 3.8) is 0 Å². The van der Waals surface area contributed by atoms with Crippen LogP contribution in [0, 0.1) is 5.92 Å². The van der Waals surface area contributed by atoms with Crippen molar-refractivity contribution in [3.05, 3.63) is 66.2 Å². The highest BCUT2D eigenvalue weighted by Crippen LogP contribution is 2.18. The molecule has 0 spiro atoms. The van der Waals surface area contributed by atoms with E-state index in [4.69, 9.17) is 0 Å². The summed E-state index contributed by atoms with van der Waals surface area (Å²) in [6, 6.07) is 14.8. The second kappa shape index (κ2) is 7.39. The molecular formula is C20H22N4O2. The molecule has 2 amide bonds. The van der Waals surface area contributed by atoms with E-state index in [0.717, 1.165) is 5.69 Å². The zero-order chi connectivity index (χ0) is 18.7. The quantitative estimate of drug-likeness (QED) is 0.769. The first-order valence-electron chi connectivity index (χ1n) is 8.57. The molecule has 0 aliphatic rings. The molecule has 0 bridgehead atoms. The molecule has 1 N–H and O–H groups in total. The van der Waals surface area contributed by atoms with Crippen LogP contribution >= 0.6 is 0 Å². The van der Waals surface area contributed by atoms with Crippen LogP contribution in [0.4, 0.5) is 5.69 Å². The van der Waals surface area contributed by atoms with Crippen LogP contribution in [-0.4, -0.2) is 34.8 Å². The van der Waals surface area contributed by atoms with Crippen LogP contribution in [0.25, 0.3) is 5.52 Å². The number of carbonyl (C=O) groups is 2. The van der Waals surface area contributed by atoms with E-state index < -0.39 is 0 Å². The number of anilines is 1.